The van der Waals surface area contributed by atoms with Crippen LogP contribution in [0.4, 0.5) is 5.69 Å². The van der Waals surface area contributed by atoms with Crippen molar-refractivity contribution >= 4 is 28.5 Å². The Hall–Kier alpha value is -3.68. The second-order valence-corrected chi connectivity index (χ2v) is 5.94. The van der Waals surface area contributed by atoms with E-state index in [2.05, 4.69) is 15.3 Å². The molecule has 144 valence electrons. The summed E-state index contributed by atoms with van der Waals surface area (Å²) in [6.45, 7) is -0.418. The summed E-state index contributed by atoms with van der Waals surface area (Å²) >= 11 is 0. The fraction of sp³-hybridized carbons (Fsp3) is 0.200. The van der Waals surface area contributed by atoms with Gasteiger partial charge in [0, 0.05) is 6.42 Å². The fourth-order valence-electron chi connectivity index (χ4n) is 2.63. The van der Waals surface area contributed by atoms with Crippen LogP contribution in [0.15, 0.2) is 53.3 Å². The standard InChI is InChI=1S/C20H19N3O5/c1-27-16-9-5-4-8-15(16)22-18(24)12-28-19(25)11-10-17-21-14-7-3-2-6-13(14)20(26)23-17/h2-9H,10-12H2,1H3,(H,22,24)(H,21,23,26). The first-order valence-corrected chi connectivity index (χ1v) is 8.63. The maximum absolute atomic E-state index is 12.0. The molecule has 0 saturated carbocycles. The molecule has 0 aliphatic carbocycles. The third-order valence-electron chi connectivity index (χ3n) is 3.97. The molecule has 2 N–H and O–H groups in total. The van der Waals surface area contributed by atoms with Crippen molar-refractivity contribution in [2.24, 2.45) is 0 Å². The highest BCUT2D eigenvalue weighted by Crippen LogP contribution is 2.22. The number of methoxy groups -OCH3 is 1. The van der Waals surface area contributed by atoms with E-state index in [9.17, 15) is 14.4 Å². The number of aryl methyl sites for hydroxylation is 1. The quantitative estimate of drug-likeness (QED) is 0.606. The highest BCUT2D eigenvalue weighted by atomic mass is 16.5. The average Bonchev–Trinajstić information content (AvgIpc) is 2.71. The number of aromatic nitrogens is 2. The molecular weight excluding hydrogens is 362 g/mol. The summed E-state index contributed by atoms with van der Waals surface area (Å²) in [6, 6.07) is 13.9. The molecule has 8 nitrogen and oxygen atoms in total. The van der Waals surface area contributed by atoms with Crippen molar-refractivity contribution in [1.29, 1.82) is 0 Å². The van der Waals surface area contributed by atoms with Gasteiger partial charge in [0.05, 0.1) is 30.1 Å². The Kier molecular flexibility index (Phi) is 6.01. The number of aromatic amines is 1. The van der Waals surface area contributed by atoms with Crippen LogP contribution < -0.4 is 15.6 Å². The Balaban J connectivity index is 1.51. The number of ether oxygens (including phenoxy) is 2. The van der Waals surface area contributed by atoms with Crippen molar-refractivity contribution in [3.8, 4) is 5.75 Å². The second kappa shape index (κ2) is 8.81. The number of amides is 1. The Bertz CT molecular complexity index is 1060. The van der Waals surface area contributed by atoms with Crippen molar-refractivity contribution < 1.29 is 19.1 Å². The first-order chi connectivity index (χ1) is 13.6. The molecule has 3 rings (SSSR count). The molecule has 2 aromatic carbocycles. The lowest BCUT2D eigenvalue weighted by Gasteiger charge is -2.10. The van der Waals surface area contributed by atoms with Crippen molar-refractivity contribution in [1.82, 2.24) is 9.97 Å². The number of benzene rings is 2. The van der Waals surface area contributed by atoms with E-state index in [0.717, 1.165) is 0 Å². The predicted octanol–water partition coefficient (Wildman–Crippen LogP) is 2.05. The van der Waals surface area contributed by atoms with Gasteiger partial charge in [-0.25, -0.2) is 4.98 Å². The molecule has 0 aliphatic heterocycles. The molecular formula is C20H19N3O5. The summed E-state index contributed by atoms with van der Waals surface area (Å²) < 4.78 is 10.1. The topological polar surface area (TPSA) is 110 Å². The van der Waals surface area contributed by atoms with E-state index in [1.165, 1.54) is 7.11 Å². The number of hydrogen-bond acceptors (Lipinski definition) is 6. The zero-order valence-electron chi connectivity index (χ0n) is 15.2. The van der Waals surface area contributed by atoms with Gasteiger partial charge in [0.25, 0.3) is 11.5 Å². The highest BCUT2D eigenvalue weighted by Gasteiger charge is 2.11. The normalized spacial score (nSPS) is 10.5. The number of carbonyl (C=O) groups is 2. The average molecular weight is 381 g/mol. The van der Waals surface area contributed by atoms with Crippen LogP contribution in [0.2, 0.25) is 0 Å². The number of rotatable bonds is 7. The van der Waals surface area contributed by atoms with Crippen molar-refractivity contribution in [2.75, 3.05) is 19.0 Å². The van der Waals surface area contributed by atoms with Gasteiger partial charge in [0.15, 0.2) is 6.61 Å². The molecule has 0 atom stereocenters. The van der Waals surface area contributed by atoms with Gasteiger partial charge in [-0.15, -0.1) is 0 Å². The Morgan fingerprint density at radius 1 is 1.11 bits per heavy atom. The van der Waals surface area contributed by atoms with E-state index in [1.54, 1.807) is 48.5 Å². The zero-order valence-corrected chi connectivity index (χ0v) is 15.2. The van der Waals surface area contributed by atoms with Gasteiger partial charge >= 0.3 is 5.97 Å². The lowest BCUT2D eigenvalue weighted by atomic mass is 10.2. The van der Waals surface area contributed by atoms with Crippen molar-refractivity contribution in [2.45, 2.75) is 12.8 Å². The van der Waals surface area contributed by atoms with E-state index in [0.29, 0.717) is 28.2 Å². The Morgan fingerprint density at radius 3 is 2.68 bits per heavy atom. The van der Waals surface area contributed by atoms with E-state index in [-0.39, 0.29) is 18.4 Å². The fourth-order valence-corrected chi connectivity index (χ4v) is 2.63. The SMILES string of the molecule is COc1ccccc1NC(=O)COC(=O)CCc1nc2ccccc2c(=O)[nH]1. The van der Waals surface area contributed by atoms with E-state index in [1.807, 2.05) is 0 Å². The number of H-pyrrole nitrogens is 1. The van der Waals surface area contributed by atoms with Gasteiger partial charge in [-0.1, -0.05) is 24.3 Å². The lowest BCUT2D eigenvalue weighted by Crippen LogP contribution is -2.21. The first kappa shape index (κ1) is 19.1. The van der Waals surface area contributed by atoms with Crippen LogP contribution in [0, 0.1) is 0 Å². The van der Waals surface area contributed by atoms with Gasteiger partial charge in [-0.05, 0) is 24.3 Å². The molecule has 0 spiro atoms. The van der Waals surface area contributed by atoms with Gasteiger partial charge in [-0.3, -0.25) is 14.4 Å². The van der Waals surface area contributed by atoms with Gasteiger partial charge in [-0.2, -0.15) is 0 Å². The van der Waals surface area contributed by atoms with Crippen LogP contribution in [0.1, 0.15) is 12.2 Å². The first-order valence-electron chi connectivity index (χ1n) is 8.63. The Morgan fingerprint density at radius 2 is 1.86 bits per heavy atom. The summed E-state index contributed by atoms with van der Waals surface area (Å²) in [5.74, 6) is -0.145. The van der Waals surface area contributed by atoms with Crippen LogP contribution in [0.5, 0.6) is 5.75 Å². The predicted molar refractivity (Wildman–Crippen MR) is 103 cm³/mol. The summed E-state index contributed by atoms with van der Waals surface area (Å²) in [4.78, 5) is 42.8. The third kappa shape index (κ3) is 4.73. The molecule has 0 fully saturated rings. The third-order valence-corrected chi connectivity index (χ3v) is 3.97. The minimum atomic E-state index is -0.564. The smallest absolute Gasteiger partial charge is 0.306 e. The summed E-state index contributed by atoms with van der Waals surface area (Å²) in [5.41, 5.74) is 0.792. The molecule has 0 unspecified atom stereocenters. The molecule has 1 aromatic heterocycles. The maximum Gasteiger partial charge on any atom is 0.306 e. The van der Waals surface area contributed by atoms with Crippen molar-refractivity contribution in [3.63, 3.8) is 0 Å². The van der Waals surface area contributed by atoms with E-state index < -0.39 is 18.5 Å². The van der Waals surface area contributed by atoms with E-state index >= 15 is 0 Å². The number of nitrogens with one attached hydrogen (secondary N) is 2. The molecule has 1 heterocycles. The number of hydrogen-bond donors (Lipinski definition) is 2. The molecule has 3 aromatic rings. The van der Waals surface area contributed by atoms with Crippen molar-refractivity contribution in [3.05, 3.63) is 64.7 Å². The molecule has 0 bridgehead atoms. The summed E-state index contributed by atoms with van der Waals surface area (Å²) in [6.07, 6.45) is 0.191. The molecule has 8 heteroatoms. The highest BCUT2D eigenvalue weighted by molar-refractivity contribution is 5.94. The van der Waals surface area contributed by atoms with Crippen LogP contribution in [-0.2, 0) is 20.7 Å². The summed E-state index contributed by atoms with van der Waals surface area (Å²) in [7, 11) is 1.50. The molecule has 0 radical (unpaired) electrons. The van der Waals surface area contributed by atoms with Gasteiger partial charge in [0.1, 0.15) is 11.6 Å². The number of carbonyl (C=O) groups excluding carboxylic acids is 2. The molecule has 0 saturated heterocycles. The van der Waals surface area contributed by atoms with Crippen LogP contribution in [0.3, 0.4) is 0 Å². The second-order valence-electron chi connectivity index (χ2n) is 5.94. The monoisotopic (exact) mass is 381 g/mol. The molecule has 28 heavy (non-hydrogen) atoms. The number of esters is 1. The van der Waals surface area contributed by atoms with Crippen LogP contribution in [0.25, 0.3) is 10.9 Å². The van der Waals surface area contributed by atoms with Gasteiger partial charge < -0.3 is 19.8 Å². The largest absolute Gasteiger partial charge is 0.495 e. The number of anilines is 1. The Labute approximate surface area is 160 Å². The van der Waals surface area contributed by atoms with E-state index in [4.69, 9.17) is 9.47 Å². The number of fused-ring (bicyclic) bond motifs is 1. The van der Waals surface area contributed by atoms with Gasteiger partial charge in [0.2, 0.25) is 0 Å². The maximum atomic E-state index is 12.0. The minimum absolute atomic E-state index is 0.0107. The molecule has 0 aliphatic rings. The van der Waals surface area contributed by atoms with Crippen LogP contribution >= 0.6 is 0 Å². The van der Waals surface area contributed by atoms with Crippen LogP contribution in [-0.4, -0.2) is 35.6 Å². The number of nitrogens with zero attached hydrogens (tertiary/aromatic N) is 1. The minimum Gasteiger partial charge on any atom is -0.495 e. The zero-order chi connectivity index (χ0) is 19.9. The summed E-state index contributed by atoms with van der Waals surface area (Å²) in [5, 5.41) is 3.11. The number of para-hydroxylation sites is 3. The molecule has 1 amide bonds. The lowest BCUT2D eigenvalue weighted by molar-refractivity contribution is -0.147.